The second kappa shape index (κ2) is 8.19. The summed E-state index contributed by atoms with van der Waals surface area (Å²) in [5.74, 6) is 0.423. The van der Waals surface area contributed by atoms with Crippen LogP contribution in [0.5, 0.6) is 5.75 Å². The van der Waals surface area contributed by atoms with Gasteiger partial charge in [0.05, 0.1) is 12.7 Å². The van der Waals surface area contributed by atoms with Crippen molar-refractivity contribution in [2.24, 2.45) is 0 Å². The molecule has 0 heterocycles. The van der Waals surface area contributed by atoms with Crippen LogP contribution in [0, 0.1) is 0 Å². The molecule has 6 heteroatoms. The number of methoxy groups -OCH3 is 1. The van der Waals surface area contributed by atoms with Crippen LogP contribution < -0.4 is 10.1 Å². The number of carbonyl (C=O) groups is 1. The lowest BCUT2D eigenvalue weighted by molar-refractivity contribution is 0.0601. The van der Waals surface area contributed by atoms with Gasteiger partial charge in [0.15, 0.2) is 0 Å². The van der Waals surface area contributed by atoms with E-state index >= 15 is 0 Å². The van der Waals surface area contributed by atoms with Gasteiger partial charge in [-0.2, -0.15) is 0 Å². The number of ether oxygens (including phenoxy) is 2. The van der Waals surface area contributed by atoms with Gasteiger partial charge in [-0.05, 0) is 42.5 Å². The highest BCUT2D eigenvalue weighted by molar-refractivity contribution is 9.10. The Labute approximate surface area is 146 Å². The molecule has 0 aromatic heterocycles. The van der Waals surface area contributed by atoms with Crippen LogP contribution in [0.1, 0.15) is 10.4 Å². The zero-order valence-corrected chi connectivity index (χ0v) is 15.1. The lowest BCUT2D eigenvalue weighted by atomic mass is 10.2. The van der Waals surface area contributed by atoms with Crippen molar-refractivity contribution in [1.82, 2.24) is 0 Å². The van der Waals surface area contributed by atoms with Crippen LogP contribution in [-0.4, -0.2) is 26.2 Å². The molecule has 1 N–H and O–H groups in total. The van der Waals surface area contributed by atoms with E-state index in [2.05, 4.69) is 37.2 Å². The summed E-state index contributed by atoms with van der Waals surface area (Å²) in [7, 11) is 1.36. The van der Waals surface area contributed by atoms with Gasteiger partial charge in [0.1, 0.15) is 12.4 Å². The maximum absolute atomic E-state index is 11.8. The number of halogens is 2. The van der Waals surface area contributed by atoms with E-state index in [0.29, 0.717) is 18.7 Å². The molecule has 0 atom stereocenters. The smallest absolute Gasteiger partial charge is 0.340 e. The molecule has 0 saturated heterocycles. The second-order valence-electron chi connectivity index (χ2n) is 4.41. The van der Waals surface area contributed by atoms with Crippen molar-refractivity contribution in [2.75, 3.05) is 25.6 Å². The Kier molecular flexibility index (Phi) is 6.27. The lowest BCUT2D eigenvalue weighted by Crippen LogP contribution is -2.14. The molecule has 22 heavy (non-hydrogen) atoms. The number of hydrogen-bond acceptors (Lipinski definition) is 4. The molecule has 116 valence electrons. The highest BCUT2D eigenvalue weighted by Crippen LogP contribution is 2.22. The number of nitrogens with one attached hydrogen (secondary N) is 1. The predicted octanol–water partition coefficient (Wildman–Crippen LogP) is 4.49. The quantitative estimate of drug-likeness (QED) is 0.543. The Morgan fingerprint density at radius 1 is 1.09 bits per heavy atom. The Balaban J connectivity index is 1.91. The highest BCUT2D eigenvalue weighted by atomic mass is 79.9. The molecule has 0 amide bonds. The zero-order chi connectivity index (χ0) is 15.9. The first-order chi connectivity index (χ1) is 10.6. The van der Waals surface area contributed by atoms with Gasteiger partial charge < -0.3 is 14.8 Å². The average molecular weight is 429 g/mol. The average Bonchev–Trinajstić information content (AvgIpc) is 2.53. The van der Waals surface area contributed by atoms with E-state index in [1.807, 2.05) is 36.4 Å². The van der Waals surface area contributed by atoms with Gasteiger partial charge in [-0.15, -0.1) is 0 Å². The molecule has 0 unspecified atom stereocenters. The van der Waals surface area contributed by atoms with Crippen molar-refractivity contribution in [1.29, 1.82) is 0 Å². The number of hydrogen-bond donors (Lipinski definition) is 1. The third-order valence-electron chi connectivity index (χ3n) is 2.89. The molecule has 0 radical (unpaired) electrons. The first-order valence-electron chi connectivity index (χ1n) is 6.60. The van der Waals surface area contributed by atoms with Crippen LogP contribution in [0.2, 0.25) is 0 Å². The van der Waals surface area contributed by atoms with E-state index in [1.165, 1.54) is 7.11 Å². The van der Waals surface area contributed by atoms with E-state index in [9.17, 15) is 4.79 Å². The summed E-state index contributed by atoms with van der Waals surface area (Å²) in [5.41, 5.74) is 1.20. The SMILES string of the molecule is COC(=O)c1cc(Br)ccc1NCCOc1ccc(Br)cc1. The minimum Gasteiger partial charge on any atom is -0.492 e. The monoisotopic (exact) mass is 427 g/mol. The first-order valence-corrected chi connectivity index (χ1v) is 8.19. The Bertz CT molecular complexity index is 644. The molecule has 2 aromatic carbocycles. The van der Waals surface area contributed by atoms with Crippen molar-refractivity contribution in [3.8, 4) is 5.75 Å². The summed E-state index contributed by atoms with van der Waals surface area (Å²) in [4.78, 5) is 11.8. The summed E-state index contributed by atoms with van der Waals surface area (Å²) in [6.45, 7) is 1.06. The van der Waals surface area contributed by atoms with E-state index in [-0.39, 0.29) is 5.97 Å². The van der Waals surface area contributed by atoms with Crippen LogP contribution in [-0.2, 0) is 4.74 Å². The van der Waals surface area contributed by atoms with Gasteiger partial charge in [0.25, 0.3) is 0 Å². The van der Waals surface area contributed by atoms with Gasteiger partial charge in [0.2, 0.25) is 0 Å². The minimum absolute atomic E-state index is 0.377. The van der Waals surface area contributed by atoms with Crippen LogP contribution in [0.4, 0.5) is 5.69 Å². The molecule has 0 saturated carbocycles. The molecule has 0 bridgehead atoms. The number of esters is 1. The molecule has 0 aliphatic rings. The molecule has 0 spiro atoms. The minimum atomic E-state index is -0.377. The van der Waals surface area contributed by atoms with Crippen molar-refractivity contribution < 1.29 is 14.3 Å². The fraction of sp³-hybridized carbons (Fsp3) is 0.188. The van der Waals surface area contributed by atoms with Gasteiger partial charge in [-0.1, -0.05) is 31.9 Å². The topological polar surface area (TPSA) is 47.6 Å². The number of carbonyl (C=O) groups excluding carboxylic acids is 1. The lowest BCUT2D eigenvalue weighted by Gasteiger charge is -2.12. The molecule has 4 nitrogen and oxygen atoms in total. The number of benzene rings is 2. The van der Waals surface area contributed by atoms with Crippen LogP contribution >= 0.6 is 31.9 Å². The maximum atomic E-state index is 11.8. The first kappa shape index (κ1) is 16.8. The van der Waals surface area contributed by atoms with Crippen molar-refractivity contribution >= 4 is 43.5 Å². The molecule has 0 fully saturated rings. The van der Waals surface area contributed by atoms with Crippen molar-refractivity contribution in [3.63, 3.8) is 0 Å². The van der Waals surface area contributed by atoms with Gasteiger partial charge in [-0.3, -0.25) is 0 Å². The van der Waals surface area contributed by atoms with Crippen LogP contribution in [0.25, 0.3) is 0 Å². The molecule has 0 aliphatic carbocycles. The predicted molar refractivity (Wildman–Crippen MR) is 93.6 cm³/mol. The van der Waals surface area contributed by atoms with Crippen LogP contribution in [0.3, 0.4) is 0 Å². The summed E-state index contributed by atoms with van der Waals surface area (Å²) >= 11 is 6.72. The second-order valence-corrected chi connectivity index (χ2v) is 6.24. The van der Waals surface area contributed by atoms with Gasteiger partial charge in [0, 0.05) is 21.2 Å². The van der Waals surface area contributed by atoms with Gasteiger partial charge >= 0.3 is 5.97 Å². The third kappa shape index (κ3) is 4.74. The maximum Gasteiger partial charge on any atom is 0.340 e. The third-order valence-corrected chi connectivity index (χ3v) is 3.91. The van der Waals surface area contributed by atoms with E-state index in [1.54, 1.807) is 6.07 Å². The summed E-state index contributed by atoms with van der Waals surface area (Å²) < 4.78 is 12.2. The fourth-order valence-electron chi connectivity index (χ4n) is 1.83. The standard InChI is InChI=1S/C16H15Br2NO3/c1-21-16(20)14-10-12(18)4-7-15(14)19-8-9-22-13-5-2-11(17)3-6-13/h2-7,10,19H,8-9H2,1H3. The number of rotatable bonds is 6. The van der Waals surface area contributed by atoms with E-state index < -0.39 is 0 Å². The zero-order valence-electron chi connectivity index (χ0n) is 11.9. The summed E-state index contributed by atoms with van der Waals surface area (Å²) in [5, 5.41) is 3.18. The Morgan fingerprint density at radius 2 is 1.77 bits per heavy atom. The molecular weight excluding hydrogens is 414 g/mol. The molecular formula is C16H15Br2NO3. The summed E-state index contributed by atoms with van der Waals surface area (Å²) in [6.07, 6.45) is 0. The van der Waals surface area contributed by atoms with E-state index in [4.69, 9.17) is 9.47 Å². The summed E-state index contributed by atoms with van der Waals surface area (Å²) in [6, 6.07) is 13.1. The van der Waals surface area contributed by atoms with E-state index in [0.717, 1.165) is 20.4 Å². The largest absolute Gasteiger partial charge is 0.492 e. The Morgan fingerprint density at radius 3 is 2.45 bits per heavy atom. The Hall–Kier alpha value is -1.53. The van der Waals surface area contributed by atoms with Crippen molar-refractivity contribution in [2.45, 2.75) is 0 Å². The molecule has 2 aromatic rings. The molecule has 2 rings (SSSR count). The normalized spacial score (nSPS) is 10.1. The van der Waals surface area contributed by atoms with Crippen molar-refractivity contribution in [3.05, 3.63) is 57.0 Å². The molecule has 0 aliphatic heterocycles. The fourth-order valence-corrected chi connectivity index (χ4v) is 2.46. The number of anilines is 1. The van der Waals surface area contributed by atoms with Gasteiger partial charge in [-0.25, -0.2) is 4.79 Å². The highest BCUT2D eigenvalue weighted by Gasteiger charge is 2.12. The van der Waals surface area contributed by atoms with Crippen LogP contribution in [0.15, 0.2) is 51.4 Å².